The number of carbonyl (C=O) groups is 1. The molecule has 1 aromatic carbocycles. The first-order chi connectivity index (χ1) is 11.5. The summed E-state index contributed by atoms with van der Waals surface area (Å²) in [4.78, 5) is 31.1. The topological polar surface area (TPSA) is 77.0 Å². The van der Waals surface area contributed by atoms with Crippen molar-refractivity contribution < 1.29 is 9.53 Å². The zero-order valence-electron chi connectivity index (χ0n) is 13.9. The van der Waals surface area contributed by atoms with Gasteiger partial charge in [-0.2, -0.15) is 0 Å². The van der Waals surface area contributed by atoms with E-state index in [1.165, 1.54) is 0 Å². The van der Waals surface area contributed by atoms with Crippen LogP contribution in [0.15, 0.2) is 35.1 Å². The Bertz CT molecular complexity index is 969. The number of aromatic amines is 1. The molecule has 0 spiro atoms. The molecule has 0 amide bonds. The highest BCUT2D eigenvalue weighted by Crippen LogP contribution is 2.19. The number of rotatable bonds is 4. The van der Waals surface area contributed by atoms with Crippen LogP contribution >= 0.6 is 0 Å². The van der Waals surface area contributed by atoms with E-state index in [4.69, 9.17) is 4.74 Å². The Labute approximate surface area is 139 Å². The minimum atomic E-state index is -0.639. The van der Waals surface area contributed by atoms with Gasteiger partial charge in [0.05, 0.1) is 12.3 Å². The first-order valence-electron chi connectivity index (χ1n) is 7.81. The number of hydrogen-bond acceptors (Lipinski definition) is 4. The summed E-state index contributed by atoms with van der Waals surface area (Å²) >= 11 is 0. The molecule has 0 unspecified atom stereocenters. The van der Waals surface area contributed by atoms with E-state index in [2.05, 4.69) is 20.6 Å². The van der Waals surface area contributed by atoms with Gasteiger partial charge in [0.25, 0.3) is 5.56 Å². The third-order valence-corrected chi connectivity index (χ3v) is 4.03. The van der Waals surface area contributed by atoms with Crippen molar-refractivity contribution in [2.45, 2.75) is 20.3 Å². The maximum absolute atomic E-state index is 12.2. The number of esters is 1. The number of para-hydroxylation sites is 1. The molecular formula is C18H19N3O3. The van der Waals surface area contributed by atoms with Crippen LogP contribution in [0.25, 0.3) is 10.9 Å². The summed E-state index contributed by atoms with van der Waals surface area (Å²) in [5.41, 5.74) is 2.04. The lowest BCUT2D eigenvalue weighted by atomic mass is 10.2. The Morgan fingerprint density at radius 2 is 2.08 bits per heavy atom. The second-order valence-corrected chi connectivity index (χ2v) is 5.62. The molecule has 0 aliphatic carbocycles. The maximum Gasteiger partial charge on any atom is 0.345 e. The van der Waals surface area contributed by atoms with E-state index in [-0.39, 0.29) is 12.2 Å². The molecule has 0 radical (unpaired) electrons. The minimum Gasteiger partial charge on any atom is -0.462 e. The van der Waals surface area contributed by atoms with Crippen LogP contribution in [0.5, 0.6) is 0 Å². The number of nitrogens with zero attached hydrogens (tertiary/aromatic N) is 2. The maximum atomic E-state index is 12.2. The number of ether oxygens (including phenoxy) is 1. The molecular weight excluding hydrogens is 306 g/mol. The van der Waals surface area contributed by atoms with Gasteiger partial charge in [-0.15, -0.1) is 0 Å². The monoisotopic (exact) mass is 325 g/mol. The van der Waals surface area contributed by atoms with Crippen LogP contribution in [0.1, 0.15) is 34.5 Å². The Hall–Kier alpha value is -2.89. The van der Waals surface area contributed by atoms with E-state index in [1.54, 1.807) is 13.8 Å². The van der Waals surface area contributed by atoms with Crippen molar-refractivity contribution in [2.75, 3.05) is 6.61 Å². The highest BCUT2D eigenvalue weighted by molar-refractivity contribution is 5.90. The molecule has 3 rings (SSSR count). The van der Waals surface area contributed by atoms with Gasteiger partial charge in [-0.25, -0.2) is 9.78 Å². The van der Waals surface area contributed by atoms with Gasteiger partial charge in [0, 0.05) is 24.7 Å². The van der Waals surface area contributed by atoms with Crippen molar-refractivity contribution in [3.05, 3.63) is 63.5 Å². The summed E-state index contributed by atoms with van der Waals surface area (Å²) in [5.74, 6) is -0.114. The van der Waals surface area contributed by atoms with Gasteiger partial charge in [-0.3, -0.25) is 4.79 Å². The highest BCUT2D eigenvalue weighted by Gasteiger charge is 2.18. The number of nitrogens with one attached hydrogen (secondary N) is 1. The van der Waals surface area contributed by atoms with E-state index in [0.717, 1.165) is 16.6 Å². The molecule has 2 aromatic heterocycles. The summed E-state index contributed by atoms with van der Waals surface area (Å²) < 4.78 is 6.98. The van der Waals surface area contributed by atoms with Gasteiger partial charge in [0.1, 0.15) is 11.4 Å². The number of carbonyl (C=O) groups excluding carboxylic acids is 1. The lowest BCUT2D eigenvalue weighted by molar-refractivity contribution is 0.0522. The molecule has 0 saturated carbocycles. The number of aryl methyl sites for hydroxylation is 2. The van der Waals surface area contributed by atoms with Gasteiger partial charge < -0.3 is 14.3 Å². The average molecular weight is 325 g/mol. The van der Waals surface area contributed by atoms with E-state index in [0.29, 0.717) is 17.9 Å². The minimum absolute atomic E-state index is 0.0300. The molecule has 0 aliphatic rings. The molecule has 0 saturated heterocycles. The predicted octanol–water partition coefficient (Wildman–Crippen LogP) is 2.34. The molecule has 2 heterocycles. The predicted molar refractivity (Wildman–Crippen MR) is 91.3 cm³/mol. The number of aromatic nitrogens is 3. The standard InChI is InChI=1S/C18H19N3O3/c1-4-24-18(23)16-11(2)19-15(20-17(16)22)10-13-9-12-7-5-6-8-14(12)21(13)3/h5-9H,4,10H2,1-3H3,(H,19,20,22). The molecule has 0 fully saturated rings. The third kappa shape index (κ3) is 2.82. The van der Waals surface area contributed by atoms with Crippen molar-refractivity contribution in [3.63, 3.8) is 0 Å². The Kier molecular flexibility index (Phi) is 4.20. The fraction of sp³-hybridized carbons (Fsp3) is 0.278. The molecule has 1 N–H and O–H groups in total. The number of hydrogen-bond donors (Lipinski definition) is 1. The molecule has 6 heteroatoms. The fourth-order valence-electron chi connectivity index (χ4n) is 2.86. The van der Waals surface area contributed by atoms with Crippen molar-refractivity contribution in [1.82, 2.24) is 14.5 Å². The van der Waals surface area contributed by atoms with E-state index >= 15 is 0 Å². The normalized spacial score (nSPS) is 11.0. The van der Waals surface area contributed by atoms with Gasteiger partial charge in [0.2, 0.25) is 0 Å². The molecule has 0 atom stereocenters. The SMILES string of the molecule is CCOC(=O)c1c(C)nc(Cc2cc3ccccc3n2C)[nH]c1=O. The average Bonchev–Trinajstić information content (AvgIpc) is 2.83. The van der Waals surface area contributed by atoms with Crippen LogP contribution in [0.2, 0.25) is 0 Å². The number of fused-ring (bicyclic) bond motifs is 1. The lowest BCUT2D eigenvalue weighted by Gasteiger charge is -2.08. The Morgan fingerprint density at radius 1 is 1.33 bits per heavy atom. The van der Waals surface area contributed by atoms with Crippen LogP contribution in [0.4, 0.5) is 0 Å². The zero-order valence-corrected chi connectivity index (χ0v) is 13.9. The Balaban J connectivity index is 1.97. The quantitative estimate of drug-likeness (QED) is 0.747. The number of benzene rings is 1. The first kappa shape index (κ1) is 16.0. The van der Waals surface area contributed by atoms with E-state index < -0.39 is 11.5 Å². The van der Waals surface area contributed by atoms with Crippen LogP contribution in [0, 0.1) is 6.92 Å². The molecule has 0 bridgehead atoms. The van der Waals surface area contributed by atoms with Crippen molar-refractivity contribution in [3.8, 4) is 0 Å². The largest absolute Gasteiger partial charge is 0.462 e. The van der Waals surface area contributed by atoms with Crippen LogP contribution in [-0.4, -0.2) is 27.1 Å². The van der Waals surface area contributed by atoms with E-state index in [9.17, 15) is 9.59 Å². The second kappa shape index (κ2) is 6.31. The Morgan fingerprint density at radius 3 is 2.75 bits per heavy atom. The summed E-state index contributed by atoms with van der Waals surface area (Å²) in [6, 6.07) is 10.1. The highest BCUT2D eigenvalue weighted by atomic mass is 16.5. The second-order valence-electron chi connectivity index (χ2n) is 5.62. The third-order valence-electron chi connectivity index (χ3n) is 4.03. The lowest BCUT2D eigenvalue weighted by Crippen LogP contribution is -2.24. The van der Waals surface area contributed by atoms with E-state index in [1.807, 2.05) is 31.3 Å². The zero-order chi connectivity index (χ0) is 17.3. The number of H-pyrrole nitrogens is 1. The summed E-state index contributed by atoms with van der Waals surface area (Å²) in [5, 5.41) is 1.14. The van der Waals surface area contributed by atoms with Crippen molar-refractivity contribution in [2.24, 2.45) is 7.05 Å². The van der Waals surface area contributed by atoms with Crippen LogP contribution in [0.3, 0.4) is 0 Å². The molecule has 24 heavy (non-hydrogen) atoms. The molecule has 0 aliphatic heterocycles. The van der Waals surface area contributed by atoms with Gasteiger partial charge >= 0.3 is 5.97 Å². The first-order valence-corrected chi connectivity index (χ1v) is 7.81. The fourth-order valence-corrected chi connectivity index (χ4v) is 2.86. The molecule has 3 aromatic rings. The van der Waals surface area contributed by atoms with Crippen molar-refractivity contribution in [1.29, 1.82) is 0 Å². The van der Waals surface area contributed by atoms with Gasteiger partial charge in [-0.05, 0) is 31.4 Å². The smallest absolute Gasteiger partial charge is 0.345 e. The summed E-state index contributed by atoms with van der Waals surface area (Å²) in [6.07, 6.45) is 0.477. The molecule has 124 valence electrons. The van der Waals surface area contributed by atoms with Crippen molar-refractivity contribution >= 4 is 16.9 Å². The van der Waals surface area contributed by atoms with Gasteiger partial charge in [0.15, 0.2) is 0 Å². The van der Waals surface area contributed by atoms with Gasteiger partial charge in [-0.1, -0.05) is 18.2 Å². The summed E-state index contributed by atoms with van der Waals surface area (Å²) in [6.45, 7) is 3.56. The molecule has 6 nitrogen and oxygen atoms in total. The summed E-state index contributed by atoms with van der Waals surface area (Å²) in [7, 11) is 1.98. The van der Waals surface area contributed by atoms with Crippen LogP contribution in [-0.2, 0) is 18.2 Å². The van der Waals surface area contributed by atoms with Crippen LogP contribution < -0.4 is 5.56 Å².